The summed E-state index contributed by atoms with van der Waals surface area (Å²) >= 11 is 0. The van der Waals surface area contributed by atoms with Crippen LogP contribution in [0.25, 0.3) is 0 Å². The number of carbonyl (C=O) groups excluding carboxylic acids is 1. The van der Waals surface area contributed by atoms with Gasteiger partial charge in [-0.05, 0) is 43.9 Å². The van der Waals surface area contributed by atoms with Gasteiger partial charge in [0.25, 0.3) is 0 Å². The quantitative estimate of drug-likeness (QED) is 0.822. The fourth-order valence-corrected chi connectivity index (χ4v) is 2.92. The SMILES string of the molecule is Cc1ccc(C(N)C(=O)Nc2ccc(N3CCCCC3)nc2)cc1.Cl.Cl. The van der Waals surface area contributed by atoms with Crippen LogP contribution in [0.1, 0.15) is 36.4 Å². The van der Waals surface area contributed by atoms with Gasteiger partial charge in [-0.15, -0.1) is 24.8 Å². The minimum atomic E-state index is -0.688. The fraction of sp³-hybridized carbons (Fsp3) is 0.368. The second kappa shape index (κ2) is 10.4. The molecule has 2 heterocycles. The topological polar surface area (TPSA) is 71.2 Å². The van der Waals surface area contributed by atoms with Crippen molar-refractivity contribution < 1.29 is 4.79 Å². The maximum Gasteiger partial charge on any atom is 0.245 e. The van der Waals surface area contributed by atoms with E-state index in [-0.39, 0.29) is 30.7 Å². The molecular weight excluding hydrogens is 371 g/mol. The van der Waals surface area contributed by atoms with Crippen LogP contribution in [0.5, 0.6) is 0 Å². The number of halogens is 2. The molecule has 1 amide bonds. The molecule has 1 aromatic heterocycles. The van der Waals surface area contributed by atoms with E-state index in [4.69, 9.17) is 5.73 Å². The molecule has 1 aliphatic rings. The van der Waals surface area contributed by atoms with E-state index in [1.807, 2.05) is 43.3 Å². The van der Waals surface area contributed by atoms with E-state index in [9.17, 15) is 4.79 Å². The summed E-state index contributed by atoms with van der Waals surface area (Å²) in [5.41, 5.74) is 8.66. The molecule has 0 bridgehead atoms. The zero-order chi connectivity index (χ0) is 16.9. The minimum absolute atomic E-state index is 0. The highest BCUT2D eigenvalue weighted by Crippen LogP contribution is 2.20. The highest BCUT2D eigenvalue weighted by atomic mass is 35.5. The molecule has 1 unspecified atom stereocenters. The molecule has 0 radical (unpaired) electrons. The average molecular weight is 397 g/mol. The number of rotatable bonds is 4. The standard InChI is InChI=1S/C19H24N4O.2ClH/c1-14-5-7-15(8-6-14)18(20)19(24)22-16-9-10-17(21-13-16)23-11-3-2-4-12-23;;/h5-10,13,18H,2-4,11-12,20H2,1H3,(H,22,24);2*1H. The summed E-state index contributed by atoms with van der Waals surface area (Å²) in [5.74, 6) is 0.738. The van der Waals surface area contributed by atoms with Gasteiger partial charge in [0, 0.05) is 13.1 Å². The van der Waals surface area contributed by atoms with E-state index in [1.54, 1.807) is 6.20 Å². The molecule has 0 saturated carbocycles. The second-order valence-electron chi connectivity index (χ2n) is 6.33. The van der Waals surface area contributed by atoms with Crippen LogP contribution in [-0.2, 0) is 4.79 Å². The maximum atomic E-state index is 12.3. The summed E-state index contributed by atoms with van der Waals surface area (Å²) in [7, 11) is 0. The molecule has 1 aliphatic heterocycles. The molecular formula is C19H26Cl2N4O. The summed E-state index contributed by atoms with van der Waals surface area (Å²) in [6, 6.07) is 10.8. The molecule has 5 nitrogen and oxygen atoms in total. The van der Waals surface area contributed by atoms with E-state index in [1.165, 1.54) is 19.3 Å². The highest BCUT2D eigenvalue weighted by molar-refractivity contribution is 5.95. The number of nitrogens with one attached hydrogen (secondary N) is 1. The lowest BCUT2D eigenvalue weighted by Crippen LogP contribution is -2.30. The van der Waals surface area contributed by atoms with Gasteiger partial charge in [-0.2, -0.15) is 0 Å². The number of carbonyl (C=O) groups is 1. The van der Waals surface area contributed by atoms with Crippen LogP contribution in [0.4, 0.5) is 11.5 Å². The first kappa shape index (κ1) is 22.2. The van der Waals surface area contributed by atoms with Gasteiger partial charge >= 0.3 is 0 Å². The minimum Gasteiger partial charge on any atom is -0.357 e. The monoisotopic (exact) mass is 396 g/mol. The van der Waals surface area contributed by atoms with Crippen molar-refractivity contribution in [3.63, 3.8) is 0 Å². The number of amides is 1. The average Bonchev–Trinajstić information content (AvgIpc) is 2.63. The molecule has 1 saturated heterocycles. The molecule has 7 heteroatoms. The number of aryl methyl sites for hydroxylation is 1. The van der Waals surface area contributed by atoms with Crippen LogP contribution in [-0.4, -0.2) is 24.0 Å². The van der Waals surface area contributed by atoms with Gasteiger partial charge in [0.2, 0.25) is 5.91 Å². The van der Waals surface area contributed by atoms with Crippen molar-refractivity contribution >= 4 is 42.2 Å². The van der Waals surface area contributed by atoms with Crippen molar-refractivity contribution in [2.75, 3.05) is 23.3 Å². The zero-order valence-corrected chi connectivity index (χ0v) is 16.5. The van der Waals surface area contributed by atoms with Crippen LogP contribution in [0.15, 0.2) is 42.6 Å². The molecule has 0 aliphatic carbocycles. The van der Waals surface area contributed by atoms with Crippen molar-refractivity contribution in [3.8, 4) is 0 Å². The predicted molar refractivity (Wildman–Crippen MR) is 112 cm³/mol. The highest BCUT2D eigenvalue weighted by Gasteiger charge is 2.16. The molecule has 1 aromatic carbocycles. The Morgan fingerprint density at radius 3 is 2.31 bits per heavy atom. The molecule has 0 spiro atoms. The smallest absolute Gasteiger partial charge is 0.245 e. The first-order chi connectivity index (χ1) is 11.6. The van der Waals surface area contributed by atoms with E-state index < -0.39 is 6.04 Å². The van der Waals surface area contributed by atoms with Crippen LogP contribution in [0.2, 0.25) is 0 Å². The van der Waals surface area contributed by atoms with Gasteiger partial charge < -0.3 is 16.0 Å². The van der Waals surface area contributed by atoms with Gasteiger partial charge in [0.15, 0.2) is 0 Å². The first-order valence-corrected chi connectivity index (χ1v) is 8.47. The number of nitrogens with zero attached hydrogens (tertiary/aromatic N) is 2. The van der Waals surface area contributed by atoms with Crippen molar-refractivity contribution in [3.05, 3.63) is 53.7 Å². The number of benzene rings is 1. The van der Waals surface area contributed by atoms with Gasteiger partial charge in [-0.3, -0.25) is 4.79 Å². The van der Waals surface area contributed by atoms with Crippen LogP contribution < -0.4 is 16.0 Å². The summed E-state index contributed by atoms with van der Waals surface area (Å²) in [6.45, 7) is 4.11. The summed E-state index contributed by atoms with van der Waals surface area (Å²) in [4.78, 5) is 19.1. The lowest BCUT2D eigenvalue weighted by atomic mass is 10.1. The van der Waals surface area contributed by atoms with Crippen molar-refractivity contribution in [2.24, 2.45) is 5.73 Å². The van der Waals surface area contributed by atoms with E-state index in [0.29, 0.717) is 5.69 Å². The Bertz CT molecular complexity index is 686. The molecule has 3 rings (SSSR count). The Morgan fingerprint density at radius 2 is 1.73 bits per heavy atom. The largest absolute Gasteiger partial charge is 0.357 e. The van der Waals surface area contributed by atoms with Crippen LogP contribution in [0.3, 0.4) is 0 Å². The molecule has 3 N–H and O–H groups in total. The van der Waals surface area contributed by atoms with Gasteiger partial charge in [-0.1, -0.05) is 29.8 Å². The number of nitrogens with two attached hydrogens (primary N) is 1. The summed E-state index contributed by atoms with van der Waals surface area (Å²) < 4.78 is 0. The lowest BCUT2D eigenvalue weighted by Gasteiger charge is -2.27. The third kappa shape index (κ3) is 5.59. The predicted octanol–water partition coefficient (Wildman–Crippen LogP) is 3.86. The lowest BCUT2D eigenvalue weighted by molar-refractivity contribution is -0.117. The Morgan fingerprint density at radius 1 is 1.08 bits per heavy atom. The van der Waals surface area contributed by atoms with Crippen LogP contribution in [0, 0.1) is 6.92 Å². The Kier molecular flexibility index (Phi) is 8.85. The molecule has 1 atom stereocenters. The first-order valence-electron chi connectivity index (χ1n) is 8.47. The van der Waals surface area contributed by atoms with Gasteiger partial charge in [0.1, 0.15) is 11.9 Å². The van der Waals surface area contributed by atoms with Crippen LogP contribution >= 0.6 is 24.8 Å². The summed E-state index contributed by atoms with van der Waals surface area (Å²) in [5, 5.41) is 2.84. The maximum absolute atomic E-state index is 12.3. The third-order valence-corrected chi connectivity index (χ3v) is 4.41. The Balaban J connectivity index is 0.00000169. The van der Waals surface area contributed by atoms with E-state index in [2.05, 4.69) is 15.2 Å². The van der Waals surface area contributed by atoms with E-state index in [0.717, 1.165) is 30.0 Å². The van der Waals surface area contributed by atoms with Crippen molar-refractivity contribution in [2.45, 2.75) is 32.2 Å². The fourth-order valence-electron chi connectivity index (χ4n) is 2.92. The number of hydrogen-bond donors (Lipinski definition) is 2. The van der Waals surface area contributed by atoms with Gasteiger partial charge in [-0.25, -0.2) is 4.98 Å². The molecule has 2 aromatic rings. The number of pyridine rings is 1. The number of aromatic nitrogens is 1. The normalized spacial score (nSPS) is 14.6. The summed E-state index contributed by atoms with van der Waals surface area (Å²) in [6.07, 6.45) is 5.42. The zero-order valence-electron chi connectivity index (χ0n) is 14.9. The Labute approximate surface area is 167 Å². The second-order valence-corrected chi connectivity index (χ2v) is 6.33. The number of piperidine rings is 1. The molecule has 142 valence electrons. The van der Waals surface area contributed by atoms with E-state index >= 15 is 0 Å². The molecule has 26 heavy (non-hydrogen) atoms. The Hall–Kier alpha value is -1.82. The number of hydrogen-bond acceptors (Lipinski definition) is 4. The number of anilines is 2. The van der Waals surface area contributed by atoms with Gasteiger partial charge in [0.05, 0.1) is 11.9 Å². The third-order valence-electron chi connectivity index (χ3n) is 4.41. The van der Waals surface area contributed by atoms with Crippen molar-refractivity contribution in [1.82, 2.24) is 4.98 Å². The van der Waals surface area contributed by atoms with Crippen molar-refractivity contribution in [1.29, 1.82) is 0 Å². The molecule has 1 fully saturated rings.